The summed E-state index contributed by atoms with van der Waals surface area (Å²) in [6, 6.07) is 9.14. The lowest BCUT2D eigenvalue weighted by Gasteiger charge is -2.34. The third kappa shape index (κ3) is 4.50. The van der Waals surface area contributed by atoms with Crippen LogP contribution in [-0.4, -0.2) is 30.6 Å². The maximum atomic E-state index is 6.02. The van der Waals surface area contributed by atoms with Crippen LogP contribution in [0.15, 0.2) is 24.3 Å². The van der Waals surface area contributed by atoms with Crippen LogP contribution < -0.4 is 10.5 Å². The van der Waals surface area contributed by atoms with Gasteiger partial charge in [-0.15, -0.1) is 0 Å². The molecule has 1 atom stereocenters. The first-order valence-electron chi connectivity index (χ1n) is 7.72. The van der Waals surface area contributed by atoms with Crippen LogP contribution in [0.1, 0.15) is 52.1 Å². The van der Waals surface area contributed by atoms with E-state index < -0.39 is 0 Å². The van der Waals surface area contributed by atoms with Crippen molar-refractivity contribution < 1.29 is 4.74 Å². The van der Waals surface area contributed by atoms with Gasteiger partial charge in [0, 0.05) is 18.6 Å². The van der Waals surface area contributed by atoms with E-state index >= 15 is 0 Å². The molecule has 114 valence electrons. The van der Waals surface area contributed by atoms with Crippen molar-refractivity contribution in [1.82, 2.24) is 4.90 Å². The van der Waals surface area contributed by atoms with E-state index in [1.807, 2.05) is 19.9 Å². The topological polar surface area (TPSA) is 38.5 Å². The summed E-state index contributed by atoms with van der Waals surface area (Å²) in [7, 11) is 2.17. The van der Waals surface area contributed by atoms with E-state index in [0.29, 0.717) is 12.6 Å². The molecule has 0 radical (unpaired) electrons. The Balaban J connectivity index is 2.94. The van der Waals surface area contributed by atoms with Crippen molar-refractivity contribution in [2.75, 3.05) is 13.6 Å². The van der Waals surface area contributed by atoms with Crippen molar-refractivity contribution >= 4 is 0 Å². The van der Waals surface area contributed by atoms with E-state index in [2.05, 4.69) is 44.0 Å². The highest BCUT2D eigenvalue weighted by molar-refractivity contribution is 5.31. The van der Waals surface area contributed by atoms with E-state index in [1.54, 1.807) is 0 Å². The van der Waals surface area contributed by atoms with E-state index in [-0.39, 0.29) is 12.1 Å². The molecule has 0 aromatic heterocycles. The summed E-state index contributed by atoms with van der Waals surface area (Å²) in [5.74, 6) is 0.925. The highest BCUT2D eigenvalue weighted by atomic mass is 16.5. The first-order chi connectivity index (χ1) is 9.53. The third-order valence-corrected chi connectivity index (χ3v) is 3.85. The fourth-order valence-corrected chi connectivity index (χ4v) is 2.72. The second-order valence-electron chi connectivity index (χ2n) is 5.63. The van der Waals surface area contributed by atoms with Crippen LogP contribution in [0, 0.1) is 0 Å². The largest absolute Gasteiger partial charge is 0.491 e. The molecule has 1 unspecified atom stereocenters. The minimum absolute atomic E-state index is 0.193. The second kappa shape index (κ2) is 8.28. The van der Waals surface area contributed by atoms with E-state index in [4.69, 9.17) is 10.5 Å². The Labute approximate surface area is 124 Å². The van der Waals surface area contributed by atoms with E-state index in [1.165, 1.54) is 5.56 Å². The highest BCUT2D eigenvalue weighted by Gasteiger charge is 2.21. The molecule has 1 aromatic rings. The first-order valence-corrected chi connectivity index (χ1v) is 7.72. The molecule has 0 bridgehead atoms. The lowest BCUT2D eigenvalue weighted by atomic mass is 10.0. The average Bonchev–Trinajstić information content (AvgIpc) is 2.40. The highest BCUT2D eigenvalue weighted by Crippen LogP contribution is 2.26. The van der Waals surface area contributed by atoms with Gasteiger partial charge in [0.2, 0.25) is 0 Å². The van der Waals surface area contributed by atoms with Gasteiger partial charge in [0.25, 0.3) is 0 Å². The van der Waals surface area contributed by atoms with Gasteiger partial charge < -0.3 is 10.5 Å². The van der Waals surface area contributed by atoms with Crippen LogP contribution in [0.2, 0.25) is 0 Å². The summed E-state index contributed by atoms with van der Waals surface area (Å²) >= 11 is 0. The van der Waals surface area contributed by atoms with Crippen molar-refractivity contribution in [3.05, 3.63) is 29.8 Å². The summed E-state index contributed by atoms with van der Waals surface area (Å²) < 4.78 is 5.78. The molecule has 0 amide bonds. The number of nitrogens with two attached hydrogens (primary N) is 1. The molecule has 0 spiro atoms. The molecule has 1 aromatic carbocycles. The Morgan fingerprint density at radius 1 is 1.20 bits per heavy atom. The Bertz CT molecular complexity index is 388. The maximum absolute atomic E-state index is 6.02. The van der Waals surface area contributed by atoms with Gasteiger partial charge in [-0.05, 0) is 51.4 Å². The van der Waals surface area contributed by atoms with Gasteiger partial charge in [0.05, 0.1) is 6.10 Å². The van der Waals surface area contributed by atoms with Gasteiger partial charge in [-0.25, -0.2) is 0 Å². The standard InChI is InChI=1S/C17H30N2O/c1-6-15(7-2)19(5)17(12-18)14-9-8-10-16(11-14)20-13(3)4/h8-11,13,15,17H,6-7,12,18H2,1-5H3. The van der Waals surface area contributed by atoms with Gasteiger partial charge in [-0.2, -0.15) is 0 Å². The zero-order valence-electron chi connectivity index (χ0n) is 13.6. The molecule has 1 rings (SSSR count). The summed E-state index contributed by atoms with van der Waals surface area (Å²) in [4.78, 5) is 2.40. The fraction of sp³-hybridized carbons (Fsp3) is 0.647. The molecule has 20 heavy (non-hydrogen) atoms. The van der Waals surface area contributed by atoms with Crippen molar-refractivity contribution in [1.29, 1.82) is 0 Å². The average molecular weight is 278 g/mol. The molecule has 3 nitrogen and oxygen atoms in total. The molecule has 0 saturated heterocycles. The Morgan fingerprint density at radius 3 is 2.35 bits per heavy atom. The first kappa shape index (κ1) is 17.0. The molecule has 0 saturated carbocycles. The van der Waals surface area contributed by atoms with Gasteiger partial charge >= 0.3 is 0 Å². The Morgan fingerprint density at radius 2 is 1.85 bits per heavy atom. The summed E-state index contributed by atoms with van der Waals surface area (Å²) in [5, 5.41) is 0. The van der Waals surface area contributed by atoms with Crippen LogP contribution in [0.25, 0.3) is 0 Å². The Hall–Kier alpha value is -1.06. The van der Waals surface area contributed by atoms with Crippen LogP contribution >= 0.6 is 0 Å². The van der Waals surface area contributed by atoms with Crippen molar-refractivity contribution in [3.8, 4) is 5.75 Å². The quantitative estimate of drug-likeness (QED) is 0.789. The fourth-order valence-electron chi connectivity index (χ4n) is 2.72. The zero-order chi connectivity index (χ0) is 15.1. The number of likely N-dealkylation sites (N-methyl/N-ethyl adjacent to an activating group) is 1. The molecule has 0 aliphatic carbocycles. The van der Waals surface area contributed by atoms with E-state index in [0.717, 1.165) is 18.6 Å². The van der Waals surface area contributed by atoms with E-state index in [9.17, 15) is 0 Å². The molecule has 2 N–H and O–H groups in total. The predicted octanol–water partition coefficient (Wildman–Crippen LogP) is 3.59. The lowest BCUT2D eigenvalue weighted by Crippen LogP contribution is -2.38. The molecule has 0 aliphatic heterocycles. The number of benzene rings is 1. The molecule has 0 fully saturated rings. The van der Waals surface area contributed by atoms with Crippen molar-refractivity contribution in [2.24, 2.45) is 5.73 Å². The second-order valence-corrected chi connectivity index (χ2v) is 5.63. The normalized spacial score (nSPS) is 13.2. The number of nitrogens with zero attached hydrogens (tertiary/aromatic N) is 1. The monoisotopic (exact) mass is 278 g/mol. The summed E-state index contributed by atoms with van der Waals surface area (Å²) in [6.07, 6.45) is 2.48. The Kier molecular flexibility index (Phi) is 7.03. The summed E-state index contributed by atoms with van der Waals surface area (Å²) in [6.45, 7) is 9.18. The molecule has 0 aliphatic rings. The smallest absolute Gasteiger partial charge is 0.120 e. The third-order valence-electron chi connectivity index (χ3n) is 3.85. The number of hydrogen-bond donors (Lipinski definition) is 1. The van der Waals surface area contributed by atoms with Crippen LogP contribution in [0.4, 0.5) is 0 Å². The molecule has 3 heteroatoms. The van der Waals surface area contributed by atoms with Gasteiger partial charge in [0.1, 0.15) is 5.75 Å². The summed E-state index contributed by atoms with van der Waals surface area (Å²) in [5.41, 5.74) is 7.26. The SMILES string of the molecule is CCC(CC)N(C)C(CN)c1cccc(OC(C)C)c1. The van der Waals surface area contributed by atoms with Crippen LogP contribution in [-0.2, 0) is 0 Å². The molecular formula is C17H30N2O. The van der Waals surface area contributed by atoms with Crippen molar-refractivity contribution in [2.45, 2.75) is 58.7 Å². The van der Waals surface area contributed by atoms with Gasteiger partial charge in [-0.1, -0.05) is 26.0 Å². The van der Waals surface area contributed by atoms with Gasteiger partial charge in [-0.3, -0.25) is 4.90 Å². The predicted molar refractivity (Wildman–Crippen MR) is 86.1 cm³/mol. The van der Waals surface area contributed by atoms with Crippen LogP contribution in [0.5, 0.6) is 5.75 Å². The number of ether oxygens (including phenoxy) is 1. The minimum Gasteiger partial charge on any atom is -0.491 e. The molecular weight excluding hydrogens is 248 g/mol. The zero-order valence-corrected chi connectivity index (χ0v) is 13.6. The number of rotatable bonds is 8. The minimum atomic E-state index is 0.193. The van der Waals surface area contributed by atoms with Gasteiger partial charge in [0.15, 0.2) is 0 Å². The number of hydrogen-bond acceptors (Lipinski definition) is 3. The van der Waals surface area contributed by atoms with Crippen LogP contribution in [0.3, 0.4) is 0 Å². The lowest BCUT2D eigenvalue weighted by molar-refractivity contribution is 0.167. The van der Waals surface area contributed by atoms with Crippen molar-refractivity contribution in [3.63, 3.8) is 0 Å². The maximum Gasteiger partial charge on any atom is 0.120 e. The molecule has 0 heterocycles.